The molecular weight excluding hydrogens is 287 g/mol. The summed E-state index contributed by atoms with van der Waals surface area (Å²) in [4.78, 5) is 0. The summed E-state index contributed by atoms with van der Waals surface area (Å²) in [7, 11) is 0. The van der Waals surface area contributed by atoms with Crippen LogP contribution in [0.25, 0.3) is 0 Å². The van der Waals surface area contributed by atoms with Crippen molar-refractivity contribution in [1.29, 1.82) is 0 Å². The van der Waals surface area contributed by atoms with Gasteiger partial charge in [-0.2, -0.15) is 0 Å². The molecule has 0 spiro atoms. The van der Waals surface area contributed by atoms with E-state index in [9.17, 15) is 0 Å². The van der Waals surface area contributed by atoms with Crippen molar-refractivity contribution in [1.82, 2.24) is 0 Å². The molecule has 0 heterocycles. The Morgan fingerprint density at radius 3 is 0.500 bits per heavy atom. The molecule has 0 aliphatic rings. The summed E-state index contributed by atoms with van der Waals surface area (Å²) < 4.78 is 0. The maximum Gasteiger partial charge on any atom is 2.00 e. The molecule has 0 radical (unpaired) electrons. The van der Waals surface area contributed by atoms with Crippen molar-refractivity contribution in [2.24, 2.45) is 0 Å². The van der Waals surface area contributed by atoms with E-state index in [1.54, 1.807) is 0 Å². The van der Waals surface area contributed by atoms with Crippen molar-refractivity contribution in [3.05, 3.63) is 0 Å². The van der Waals surface area contributed by atoms with E-state index in [2.05, 4.69) is 0 Å². The summed E-state index contributed by atoms with van der Waals surface area (Å²) in [5.41, 5.74) is 0. The van der Waals surface area contributed by atoms with Crippen LogP contribution in [-0.2, 0) is 20.4 Å². The van der Waals surface area contributed by atoms with E-state index in [1.807, 2.05) is 0 Å². The van der Waals surface area contributed by atoms with Crippen LogP contribution in [0.15, 0.2) is 0 Å². The largest absolute Gasteiger partial charge is 2.00 e. The van der Waals surface area contributed by atoms with E-state index in [0.29, 0.717) is 0 Å². The van der Waals surface area contributed by atoms with Gasteiger partial charge in [-0.3, -0.25) is 0 Å². The SMILES string of the molecule is [Cl-].[Cl-].[Cl-].[Cl-].[K+].[Pd+2]. The molecule has 0 aromatic carbocycles. The van der Waals surface area contributed by atoms with Crippen LogP contribution in [0.4, 0.5) is 0 Å². The van der Waals surface area contributed by atoms with Gasteiger partial charge in [0.05, 0.1) is 0 Å². The molecule has 0 aromatic heterocycles. The first-order valence-electron chi connectivity index (χ1n) is 0. The Morgan fingerprint density at radius 2 is 0.500 bits per heavy atom. The van der Waals surface area contributed by atoms with E-state index in [-0.39, 0.29) is 121 Å². The molecule has 0 atom stereocenters. The van der Waals surface area contributed by atoms with Crippen LogP contribution in [-0.4, -0.2) is 0 Å². The predicted molar refractivity (Wildman–Crippen MR) is 0 cm³/mol. The summed E-state index contributed by atoms with van der Waals surface area (Å²) in [6, 6.07) is 0. The summed E-state index contributed by atoms with van der Waals surface area (Å²) >= 11 is 0. The molecule has 0 aliphatic heterocycles. The molecule has 0 unspecified atom stereocenters. The van der Waals surface area contributed by atoms with Gasteiger partial charge >= 0.3 is 71.8 Å². The molecule has 0 amide bonds. The zero-order chi connectivity index (χ0) is 0. The van der Waals surface area contributed by atoms with Crippen LogP contribution < -0.4 is 101 Å². The zero-order valence-electron chi connectivity index (χ0n) is 2.83. The van der Waals surface area contributed by atoms with Gasteiger partial charge in [0.25, 0.3) is 0 Å². The standard InChI is InChI=1S/4ClH.K.Pd/h4*1H;;/q;;;;+1;+2/p-4. The fourth-order valence-electron chi connectivity index (χ4n) is 0. The first-order valence-corrected chi connectivity index (χ1v) is 0. The molecule has 0 saturated carbocycles. The number of hydrogen-bond donors (Lipinski definition) is 0. The predicted octanol–water partition coefficient (Wildman–Crippen LogP) is -15.0. The Kier molecular flexibility index (Phi) is 371. The molecule has 40 valence electrons. The molecule has 0 nitrogen and oxygen atoms in total. The maximum absolute atomic E-state index is 0. The van der Waals surface area contributed by atoms with Crippen LogP contribution in [0.1, 0.15) is 0 Å². The van der Waals surface area contributed by atoms with Crippen molar-refractivity contribution >= 4 is 0 Å². The van der Waals surface area contributed by atoms with E-state index in [1.165, 1.54) is 0 Å². The van der Waals surface area contributed by atoms with Crippen LogP contribution >= 0.6 is 0 Å². The quantitative estimate of drug-likeness (QED) is 0.388. The molecule has 0 aliphatic carbocycles. The molecule has 0 fully saturated rings. The second-order valence-electron chi connectivity index (χ2n) is 0. The van der Waals surface area contributed by atoms with Gasteiger partial charge in [0.2, 0.25) is 0 Å². The van der Waals surface area contributed by atoms with Crippen molar-refractivity contribution in [2.45, 2.75) is 0 Å². The summed E-state index contributed by atoms with van der Waals surface area (Å²) in [6.07, 6.45) is 0. The van der Waals surface area contributed by atoms with E-state index in [4.69, 9.17) is 0 Å². The fraction of sp³-hybridized carbons (Fsp3) is 0. The first kappa shape index (κ1) is 56.6. The zero-order valence-corrected chi connectivity index (χ0v) is 10.5. The number of rotatable bonds is 0. The molecule has 6 heteroatoms. The van der Waals surface area contributed by atoms with Crippen molar-refractivity contribution < 1.29 is 121 Å². The van der Waals surface area contributed by atoms with Gasteiger partial charge in [0.1, 0.15) is 0 Å². The van der Waals surface area contributed by atoms with Crippen molar-refractivity contribution in [3.63, 3.8) is 0 Å². The van der Waals surface area contributed by atoms with Crippen molar-refractivity contribution in [2.75, 3.05) is 0 Å². The monoisotopic (exact) mass is 285 g/mol. The Hall–Kier alpha value is 3.46. The minimum absolute atomic E-state index is 0. The third-order valence-electron chi connectivity index (χ3n) is 0. The van der Waals surface area contributed by atoms with Gasteiger partial charge in [-0.05, 0) is 0 Å². The molecule has 0 rings (SSSR count). The molecule has 0 saturated heterocycles. The Labute approximate surface area is 119 Å². The van der Waals surface area contributed by atoms with Crippen LogP contribution in [0.2, 0.25) is 0 Å². The van der Waals surface area contributed by atoms with E-state index in [0.717, 1.165) is 0 Å². The first-order chi connectivity index (χ1) is 0. The van der Waals surface area contributed by atoms with Gasteiger partial charge < -0.3 is 49.6 Å². The minimum Gasteiger partial charge on any atom is -1.00 e. The Morgan fingerprint density at radius 1 is 0.500 bits per heavy atom. The second kappa shape index (κ2) is 39.3. The average Bonchev–Trinajstić information content (AvgIpc) is 0. The molecule has 0 N–H and O–H groups in total. The van der Waals surface area contributed by atoms with Crippen LogP contribution in [0.3, 0.4) is 0 Å². The molecular formula is Cl4KPd-. The van der Waals surface area contributed by atoms with Gasteiger partial charge in [0.15, 0.2) is 0 Å². The summed E-state index contributed by atoms with van der Waals surface area (Å²) in [6.45, 7) is 0. The van der Waals surface area contributed by atoms with Gasteiger partial charge in [0, 0.05) is 0 Å². The van der Waals surface area contributed by atoms with E-state index >= 15 is 0 Å². The second-order valence-corrected chi connectivity index (χ2v) is 0. The third-order valence-corrected chi connectivity index (χ3v) is 0. The van der Waals surface area contributed by atoms with Gasteiger partial charge in [-0.15, -0.1) is 0 Å². The number of halogens is 4. The average molecular weight is 287 g/mol. The molecule has 0 aromatic rings. The summed E-state index contributed by atoms with van der Waals surface area (Å²) in [5, 5.41) is 0. The number of hydrogen-bond acceptors (Lipinski definition) is 0. The summed E-state index contributed by atoms with van der Waals surface area (Å²) in [5.74, 6) is 0. The topological polar surface area (TPSA) is 0 Å². The fourth-order valence-corrected chi connectivity index (χ4v) is 0. The molecule has 0 bridgehead atoms. The normalized spacial score (nSPS) is 0. The Balaban J connectivity index is 0. The maximum atomic E-state index is 0. The minimum atomic E-state index is 0. The Bertz CT molecular complexity index is 7.51. The molecule has 6 heavy (non-hydrogen) atoms. The van der Waals surface area contributed by atoms with Gasteiger partial charge in [-0.25, -0.2) is 0 Å². The van der Waals surface area contributed by atoms with Crippen LogP contribution in [0, 0.1) is 0 Å². The van der Waals surface area contributed by atoms with Crippen molar-refractivity contribution in [3.8, 4) is 0 Å². The smallest absolute Gasteiger partial charge is 1.00 e. The van der Waals surface area contributed by atoms with Crippen LogP contribution in [0.5, 0.6) is 0 Å². The van der Waals surface area contributed by atoms with Gasteiger partial charge in [-0.1, -0.05) is 0 Å². The van der Waals surface area contributed by atoms with E-state index < -0.39 is 0 Å². The third kappa shape index (κ3) is 26.0.